The highest BCUT2D eigenvalue weighted by molar-refractivity contribution is 8.00. The van der Waals surface area contributed by atoms with Gasteiger partial charge < -0.3 is 14.8 Å². The third-order valence-corrected chi connectivity index (χ3v) is 5.09. The Morgan fingerprint density at radius 2 is 1.83 bits per heavy atom. The van der Waals surface area contributed by atoms with Gasteiger partial charge in [0.2, 0.25) is 5.91 Å². The number of hydrogen-bond acceptors (Lipinski definition) is 4. The third-order valence-electron chi connectivity index (χ3n) is 3.83. The summed E-state index contributed by atoms with van der Waals surface area (Å²) < 4.78 is 11.0. The van der Waals surface area contributed by atoms with Crippen LogP contribution in [0.1, 0.15) is 18.1 Å². The summed E-state index contributed by atoms with van der Waals surface area (Å²) in [7, 11) is 0. The summed E-state index contributed by atoms with van der Waals surface area (Å²) in [5.74, 6) is 1.36. The Balaban J connectivity index is 1.67. The zero-order chi connectivity index (χ0) is 17.1. The van der Waals surface area contributed by atoms with Crippen molar-refractivity contribution in [2.75, 3.05) is 18.5 Å². The third kappa shape index (κ3) is 3.85. The Labute approximate surface area is 146 Å². The molecule has 1 amide bonds. The van der Waals surface area contributed by atoms with Gasteiger partial charge in [-0.15, -0.1) is 11.8 Å². The number of nitrogens with one attached hydrogen (secondary N) is 1. The van der Waals surface area contributed by atoms with E-state index in [9.17, 15) is 4.79 Å². The first-order valence-corrected chi connectivity index (χ1v) is 8.85. The molecule has 1 aliphatic heterocycles. The van der Waals surface area contributed by atoms with Crippen molar-refractivity contribution in [1.29, 1.82) is 0 Å². The summed E-state index contributed by atoms with van der Waals surface area (Å²) in [5, 5.41) is 2.76. The molecule has 0 fully saturated rings. The molecule has 0 saturated heterocycles. The van der Waals surface area contributed by atoms with Crippen LogP contribution in [-0.4, -0.2) is 24.4 Å². The normalized spacial score (nSPS) is 14.1. The van der Waals surface area contributed by atoms with Crippen molar-refractivity contribution in [3.05, 3.63) is 47.5 Å². The van der Waals surface area contributed by atoms with Gasteiger partial charge in [-0.3, -0.25) is 4.79 Å². The molecule has 4 nitrogen and oxygen atoms in total. The van der Waals surface area contributed by atoms with Gasteiger partial charge in [0.15, 0.2) is 11.5 Å². The summed E-state index contributed by atoms with van der Waals surface area (Å²) in [6.07, 6.45) is 0. The first-order chi connectivity index (χ1) is 11.5. The minimum absolute atomic E-state index is 0.0300. The number of thioether (sulfide) groups is 1. The van der Waals surface area contributed by atoms with Crippen LogP contribution in [0, 0.1) is 13.8 Å². The van der Waals surface area contributed by atoms with Crippen molar-refractivity contribution in [1.82, 2.24) is 0 Å². The Bertz CT molecular complexity index is 760. The highest BCUT2D eigenvalue weighted by Crippen LogP contribution is 2.33. The zero-order valence-electron chi connectivity index (χ0n) is 14.1. The number of anilines is 1. The highest BCUT2D eigenvalue weighted by Gasteiger charge is 2.17. The molecule has 1 atom stereocenters. The topological polar surface area (TPSA) is 47.6 Å². The molecule has 0 saturated carbocycles. The largest absolute Gasteiger partial charge is 0.486 e. The fourth-order valence-corrected chi connectivity index (χ4v) is 3.50. The molecular weight excluding hydrogens is 322 g/mol. The number of fused-ring (bicyclic) bond motifs is 1. The second-order valence-corrected chi connectivity index (χ2v) is 7.26. The molecule has 1 N–H and O–H groups in total. The number of amides is 1. The molecule has 2 aromatic rings. The molecule has 3 rings (SSSR count). The van der Waals surface area contributed by atoms with Crippen molar-refractivity contribution in [3.8, 4) is 11.5 Å². The Morgan fingerprint density at radius 1 is 1.08 bits per heavy atom. The van der Waals surface area contributed by atoms with Gasteiger partial charge in [0, 0.05) is 16.6 Å². The van der Waals surface area contributed by atoms with E-state index in [-0.39, 0.29) is 11.2 Å². The van der Waals surface area contributed by atoms with Crippen molar-refractivity contribution < 1.29 is 14.3 Å². The first-order valence-electron chi connectivity index (χ1n) is 7.97. The van der Waals surface area contributed by atoms with Crippen LogP contribution in [0.5, 0.6) is 11.5 Å². The van der Waals surface area contributed by atoms with Gasteiger partial charge in [-0.1, -0.05) is 17.7 Å². The van der Waals surface area contributed by atoms with Gasteiger partial charge in [0.25, 0.3) is 0 Å². The smallest absolute Gasteiger partial charge is 0.237 e. The standard InChI is InChI=1S/C19H21NO3S/c1-12-4-5-13(2)18(10-12)24-14(3)19(21)20-15-6-7-16-17(11-15)23-9-8-22-16/h4-7,10-11,14H,8-9H2,1-3H3,(H,20,21)/t14-/m0/s1. The molecule has 0 spiro atoms. The van der Waals surface area contributed by atoms with Crippen LogP contribution in [0.15, 0.2) is 41.3 Å². The monoisotopic (exact) mass is 343 g/mol. The lowest BCUT2D eigenvalue weighted by Crippen LogP contribution is -2.23. The number of ether oxygens (including phenoxy) is 2. The van der Waals surface area contributed by atoms with Crippen molar-refractivity contribution in [2.24, 2.45) is 0 Å². The van der Waals surface area contributed by atoms with E-state index in [0.717, 1.165) is 16.3 Å². The van der Waals surface area contributed by atoms with E-state index in [0.29, 0.717) is 19.0 Å². The molecule has 0 radical (unpaired) electrons. The van der Waals surface area contributed by atoms with Crippen molar-refractivity contribution in [3.63, 3.8) is 0 Å². The Morgan fingerprint density at radius 3 is 2.62 bits per heavy atom. The SMILES string of the molecule is Cc1ccc(C)c(S[C@@H](C)C(=O)Nc2ccc3c(c2)OCCO3)c1. The summed E-state index contributed by atoms with van der Waals surface area (Å²) in [4.78, 5) is 13.6. The lowest BCUT2D eigenvalue weighted by molar-refractivity contribution is -0.115. The second kappa shape index (κ2) is 7.18. The summed E-state index contributed by atoms with van der Waals surface area (Å²) in [6, 6.07) is 11.8. The molecule has 24 heavy (non-hydrogen) atoms. The first kappa shape index (κ1) is 16.7. The average molecular weight is 343 g/mol. The number of hydrogen-bond donors (Lipinski definition) is 1. The fourth-order valence-electron chi connectivity index (χ4n) is 2.44. The maximum Gasteiger partial charge on any atom is 0.237 e. The van der Waals surface area contributed by atoms with E-state index in [1.807, 2.05) is 25.1 Å². The van der Waals surface area contributed by atoms with Gasteiger partial charge >= 0.3 is 0 Å². The summed E-state index contributed by atoms with van der Waals surface area (Å²) >= 11 is 1.57. The second-order valence-electron chi connectivity index (χ2n) is 5.88. The van der Waals surface area contributed by atoms with Gasteiger partial charge in [-0.2, -0.15) is 0 Å². The van der Waals surface area contributed by atoms with Crippen molar-refractivity contribution in [2.45, 2.75) is 30.9 Å². The number of carbonyl (C=O) groups excluding carboxylic acids is 1. The van der Waals surface area contributed by atoms with E-state index < -0.39 is 0 Å². The van der Waals surface area contributed by atoms with E-state index in [1.54, 1.807) is 11.8 Å². The predicted octanol–water partition coefficient (Wildman–Crippen LogP) is 4.19. The quantitative estimate of drug-likeness (QED) is 0.846. The molecule has 1 heterocycles. The molecule has 0 bridgehead atoms. The average Bonchev–Trinajstić information content (AvgIpc) is 2.58. The van der Waals surface area contributed by atoms with Crippen LogP contribution in [0.2, 0.25) is 0 Å². The molecule has 126 valence electrons. The number of aryl methyl sites for hydroxylation is 2. The summed E-state index contributed by atoms with van der Waals surface area (Å²) in [5.41, 5.74) is 3.10. The number of benzene rings is 2. The molecule has 1 aliphatic rings. The zero-order valence-corrected chi connectivity index (χ0v) is 14.9. The van der Waals surface area contributed by atoms with Gasteiger partial charge in [-0.25, -0.2) is 0 Å². The van der Waals surface area contributed by atoms with E-state index in [1.165, 1.54) is 11.1 Å². The van der Waals surface area contributed by atoms with E-state index in [2.05, 4.69) is 37.4 Å². The lowest BCUT2D eigenvalue weighted by atomic mass is 10.2. The van der Waals surface area contributed by atoms with Crippen molar-refractivity contribution >= 4 is 23.4 Å². The maximum absolute atomic E-state index is 12.5. The molecular formula is C19H21NO3S. The minimum Gasteiger partial charge on any atom is -0.486 e. The fraction of sp³-hybridized carbons (Fsp3) is 0.316. The summed E-state index contributed by atoms with van der Waals surface area (Å²) in [6.45, 7) is 7.13. The predicted molar refractivity (Wildman–Crippen MR) is 97.3 cm³/mol. The van der Waals surface area contributed by atoms with Gasteiger partial charge in [0.05, 0.1) is 5.25 Å². The van der Waals surface area contributed by atoms with Gasteiger partial charge in [0.1, 0.15) is 13.2 Å². The number of rotatable bonds is 4. The molecule has 0 unspecified atom stereocenters. The molecule has 0 aliphatic carbocycles. The van der Waals surface area contributed by atoms with Crippen LogP contribution in [0.25, 0.3) is 0 Å². The lowest BCUT2D eigenvalue weighted by Gasteiger charge is -2.19. The van der Waals surface area contributed by atoms with Crippen LogP contribution in [0.3, 0.4) is 0 Å². The molecule has 5 heteroatoms. The van der Waals surface area contributed by atoms with E-state index in [4.69, 9.17) is 9.47 Å². The molecule has 2 aromatic carbocycles. The molecule has 0 aromatic heterocycles. The van der Waals surface area contributed by atoms with Crippen LogP contribution >= 0.6 is 11.8 Å². The van der Waals surface area contributed by atoms with Crippen LogP contribution < -0.4 is 14.8 Å². The number of carbonyl (C=O) groups is 1. The Kier molecular flexibility index (Phi) is 5.00. The highest BCUT2D eigenvalue weighted by atomic mass is 32.2. The van der Waals surface area contributed by atoms with Crippen LogP contribution in [0.4, 0.5) is 5.69 Å². The minimum atomic E-state index is -0.196. The van der Waals surface area contributed by atoms with E-state index >= 15 is 0 Å². The maximum atomic E-state index is 12.5. The van der Waals surface area contributed by atoms with Gasteiger partial charge in [-0.05, 0) is 44.5 Å². The van der Waals surface area contributed by atoms with Crippen LogP contribution in [-0.2, 0) is 4.79 Å². The Hall–Kier alpha value is -2.14.